The molecule has 0 amide bonds. The minimum absolute atomic E-state index is 0.820. The maximum absolute atomic E-state index is 6.83. The highest BCUT2D eigenvalue weighted by Gasteiger charge is 2.23. The van der Waals surface area contributed by atoms with Crippen molar-refractivity contribution in [2.75, 3.05) is 0 Å². The summed E-state index contributed by atoms with van der Waals surface area (Å²) in [5.41, 5.74) is 9.51. The van der Waals surface area contributed by atoms with E-state index in [1.54, 1.807) is 0 Å². The van der Waals surface area contributed by atoms with Gasteiger partial charge in [0.25, 0.3) is 0 Å². The largest absolute Gasteiger partial charge is 0.463 e. The molecule has 2 heterocycles. The third-order valence-electron chi connectivity index (χ3n) is 10.5. The molecule has 9 aromatic carbocycles. The molecule has 232 valence electrons. The van der Waals surface area contributed by atoms with Gasteiger partial charge in [-0.1, -0.05) is 146 Å². The quantitative estimate of drug-likeness (QED) is 0.180. The zero-order valence-electron chi connectivity index (χ0n) is 27.0. The first kappa shape index (κ1) is 27.3. The normalized spacial score (nSPS) is 12.0. The van der Waals surface area contributed by atoms with E-state index in [0.29, 0.717) is 0 Å². The predicted octanol–water partition coefficient (Wildman–Crippen LogP) is 13.9. The van der Waals surface area contributed by atoms with Crippen molar-refractivity contribution in [1.29, 1.82) is 0 Å². The lowest BCUT2D eigenvalue weighted by Crippen LogP contribution is -1.91. The van der Waals surface area contributed by atoms with Gasteiger partial charge in [0.1, 0.15) is 16.7 Å². The smallest absolute Gasteiger partial charge is 0.146 e. The molecule has 0 saturated carbocycles. The van der Waals surface area contributed by atoms with Gasteiger partial charge in [0, 0.05) is 27.5 Å². The predicted molar refractivity (Wildman–Crippen MR) is 210 cm³/mol. The van der Waals surface area contributed by atoms with Crippen LogP contribution in [0.5, 0.6) is 0 Å². The Bertz CT molecular complexity index is 3090. The van der Waals surface area contributed by atoms with Crippen LogP contribution < -0.4 is 0 Å². The molecule has 11 aromatic rings. The van der Waals surface area contributed by atoms with Crippen molar-refractivity contribution in [3.05, 3.63) is 170 Å². The van der Waals surface area contributed by atoms with Gasteiger partial charge in [-0.3, -0.25) is 0 Å². The Morgan fingerprint density at radius 3 is 1.68 bits per heavy atom. The highest BCUT2D eigenvalue weighted by atomic mass is 16.3. The number of benzene rings is 9. The van der Waals surface area contributed by atoms with Gasteiger partial charge in [-0.2, -0.15) is 0 Å². The summed E-state index contributed by atoms with van der Waals surface area (Å²) in [5.74, 6) is 0. The molecule has 0 unspecified atom stereocenters. The van der Waals surface area contributed by atoms with E-state index >= 15 is 0 Å². The standard InChI is InChI=1S/C48H28O2/c1-2-13-31-27-32(24-23-29(31)11-1)42-28-49-48-39(42)25-26-43-46(48)41-22-10-21-40(47(41)50-43)45-37-18-7-5-16-35(37)44(36-17-6-8-19-38(36)45)34-20-9-14-30-12-3-4-15-33(30)34/h1-28H. The molecule has 0 aliphatic carbocycles. The Morgan fingerprint density at radius 2 is 0.920 bits per heavy atom. The summed E-state index contributed by atoms with van der Waals surface area (Å²) < 4.78 is 13.3. The van der Waals surface area contributed by atoms with E-state index in [1.165, 1.54) is 59.8 Å². The Labute approximate surface area is 287 Å². The second-order valence-electron chi connectivity index (χ2n) is 13.2. The van der Waals surface area contributed by atoms with Crippen molar-refractivity contribution in [3.8, 4) is 33.4 Å². The van der Waals surface area contributed by atoms with Crippen LogP contribution in [0.2, 0.25) is 0 Å². The van der Waals surface area contributed by atoms with Crippen LogP contribution in [0.1, 0.15) is 0 Å². The van der Waals surface area contributed by atoms with E-state index in [1.807, 2.05) is 6.26 Å². The van der Waals surface area contributed by atoms with Crippen molar-refractivity contribution in [3.63, 3.8) is 0 Å². The molecule has 2 heteroatoms. The van der Waals surface area contributed by atoms with Crippen LogP contribution in [0, 0.1) is 0 Å². The molecule has 0 bridgehead atoms. The van der Waals surface area contributed by atoms with E-state index in [-0.39, 0.29) is 0 Å². The number of furan rings is 2. The Morgan fingerprint density at radius 1 is 0.340 bits per heavy atom. The van der Waals surface area contributed by atoms with Gasteiger partial charge in [0.05, 0.1) is 11.6 Å². The summed E-state index contributed by atoms with van der Waals surface area (Å²) in [6.07, 6.45) is 1.89. The van der Waals surface area contributed by atoms with E-state index < -0.39 is 0 Å². The Hall–Kier alpha value is -6.64. The molecule has 0 radical (unpaired) electrons. The third kappa shape index (κ3) is 3.85. The molecule has 2 nitrogen and oxygen atoms in total. The summed E-state index contributed by atoms with van der Waals surface area (Å²) in [7, 11) is 0. The molecule has 0 spiro atoms. The lowest BCUT2D eigenvalue weighted by molar-refractivity contribution is 0.619. The first-order valence-electron chi connectivity index (χ1n) is 17.1. The highest BCUT2D eigenvalue weighted by Crippen LogP contribution is 2.48. The van der Waals surface area contributed by atoms with E-state index in [2.05, 4.69) is 164 Å². The lowest BCUT2D eigenvalue weighted by atomic mass is 9.84. The topological polar surface area (TPSA) is 26.3 Å². The minimum Gasteiger partial charge on any atom is -0.463 e. The first-order chi connectivity index (χ1) is 24.8. The van der Waals surface area contributed by atoms with E-state index in [9.17, 15) is 0 Å². The zero-order valence-corrected chi connectivity index (χ0v) is 27.0. The number of para-hydroxylation sites is 1. The van der Waals surface area contributed by atoms with Crippen molar-refractivity contribution >= 4 is 76.0 Å². The van der Waals surface area contributed by atoms with Gasteiger partial charge in [-0.05, 0) is 78.0 Å². The van der Waals surface area contributed by atoms with E-state index in [4.69, 9.17) is 8.83 Å². The van der Waals surface area contributed by atoms with Gasteiger partial charge in [0.15, 0.2) is 0 Å². The minimum atomic E-state index is 0.820. The average Bonchev–Trinajstić information content (AvgIpc) is 3.78. The second-order valence-corrected chi connectivity index (χ2v) is 13.2. The summed E-state index contributed by atoms with van der Waals surface area (Å²) in [5, 5.41) is 12.9. The molecule has 0 aliphatic rings. The van der Waals surface area contributed by atoms with Crippen LogP contribution >= 0.6 is 0 Å². The van der Waals surface area contributed by atoms with Gasteiger partial charge in [-0.15, -0.1) is 0 Å². The number of hydrogen-bond acceptors (Lipinski definition) is 2. The zero-order chi connectivity index (χ0) is 32.8. The average molecular weight is 637 g/mol. The summed E-state index contributed by atoms with van der Waals surface area (Å²) in [6.45, 7) is 0. The van der Waals surface area contributed by atoms with Crippen LogP contribution in [0.25, 0.3) is 109 Å². The second kappa shape index (κ2) is 10.4. The summed E-state index contributed by atoms with van der Waals surface area (Å²) >= 11 is 0. The first-order valence-corrected chi connectivity index (χ1v) is 17.1. The lowest BCUT2D eigenvalue weighted by Gasteiger charge is -2.18. The number of rotatable bonds is 3. The van der Waals surface area contributed by atoms with Crippen LogP contribution in [0.4, 0.5) is 0 Å². The maximum atomic E-state index is 6.83. The highest BCUT2D eigenvalue weighted by molar-refractivity contribution is 6.27. The van der Waals surface area contributed by atoms with Gasteiger partial charge in [0.2, 0.25) is 0 Å². The fraction of sp³-hybridized carbons (Fsp3) is 0. The molecule has 2 aromatic heterocycles. The molecular weight excluding hydrogens is 609 g/mol. The molecule has 11 rings (SSSR count). The Kier molecular flexibility index (Phi) is 5.70. The van der Waals surface area contributed by atoms with Gasteiger partial charge < -0.3 is 8.83 Å². The van der Waals surface area contributed by atoms with Gasteiger partial charge >= 0.3 is 0 Å². The van der Waals surface area contributed by atoms with Crippen molar-refractivity contribution in [2.24, 2.45) is 0 Å². The Balaban J connectivity index is 1.19. The maximum Gasteiger partial charge on any atom is 0.146 e. The fourth-order valence-electron chi connectivity index (χ4n) is 8.30. The fourth-order valence-corrected chi connectivity index (χ4v) is 8.30. The molecule has 50 heavy (non-hydrogen) atoms. The SMILES string of the molecule is c1ccc2cc(-c3coc4c3ccc3oc5c(-c6c7ccccc7c(-c7cccc8ccccc78)c7ccccc67)cccc5c34)ccc2c1. The molecule has 0 atom stereocenters. The van der Waals surface area contributed by atoms with Crippen molar-refractivity contribution < 1.29 is 8.83 Å². The molecular formula is C48H28O2. The van der Waals surface area contributed by atoms with Crippen LogP contribution in [0.15, 0.2) is 179 Å². The van der Waals surface area contributed by atoms with Crippen LogP contribution in [-0.4, -0.2) is 0 Å². The molecule has 0 N–H and O–H groups in total. The molecule has 0 aliphatic heterocycles. The summed E-state index contributed by atoms with van der Waals surface area (Å²) in [4.78, 5) is 0. The number of hydrogen-bond donors (Lipinski definition) is 0. The molecule has 0 fully saturated rings. The summed E-state index contributed by atoms with van der Waals surface area (Å²) in [6, 6.07) is 58.8. The third-order valence-corrected chi connectivity index (χ3v) is 10.5. The van der Waals surface area contributed by atoms with Crippen molar-refractivity contribution in [2.45, 2.75) is 0 Å². The van der Waals surface area contributed by atoms with E-state index in [0.717, 1.165) is 49.6 Å². The monoisotopic (exact) mass is 636 g/mol. The number of fused-ring (bicyclic) bond motifs is 9. The van der Waals surface area contributed by atoms with Crippen molar-refractivity contribution in [1.82, 2.24) is 0 Å². The van der Waals surface area contributed by atoms with Crippen LogP contribution in [0.3, 0.4) is 0 Å². The van der Waals surface area contributed by atoms with Gasteiger partial charge in [-0.25, -0.2) is 0 Å². The molecule has 0 saturated heterocycles. The van der Waals surface area contributed by atoms with Crippen LogP contribution in [-0.2, 0) is 0 Å².